The number of hydrogen-bond acceptors (Lipinski definition) is 3. The van der Waals surface area contributed by atoms with Crippen molar-refractivity contribution in [2.45, 2.75) is 32.1 Å². The van der Waals surface area contributed by atoms with E-state index >= 15 is 0 Å². The fourth-order valence-corrected chi connectivity index (χ4v) is 1.88. The topological polar surface area (TPSA) is 64.3 Å². The number of benzene rings is 1. The van der Waals surface area contributed by atoms with Gasteiger partial charge in [0, 0.05) is 31.0 Å². The number of hydrogen-bond donors (Lipinski definition) is 2. The number of rotatable bonds is 8. The van der Waals surface area contributed by atoms with Gasteiger partial charge in [-0.2, -0.15) is 0 Å². The molecule has 104 valence electrons. The van der Waals surface area contributed by atoms with Gasteiger partial charge in [0.15, 0.2) is 0 Å². The summed E-state index contributed by atoms with van der Waals surface area (Å²) in [7, 11) is 0. The quantitative estimate of drug-likeness (QED) is 0.559. The van der Waals surface area contributed by atoms with Crippen LogP contribution in [0.25, 0.3) is 0 Å². The van der Waals surface area contributed by atoms with Crippen LogP contribution in [0.5, 0.6) is 0 Å². The molecule has 1 saturated carbocycles. The molecule has 1 aliphatic rings. The third kappa shape index (κ3) is 5.75. The maximum atomic E-state index is 11.7. The van der Waals surface area contributed by atoms with Gasteiger partial charge in [-0.3, -0.25) is 4.79 Å². The maximum Gasteiger partial charge on any atom is 0.224 e. The van der Waals surface area contributed by atoms with Crippen molar-refractivity contribution in [1.29, 1.82) is 0 Å². The van der Waals surface area contributed by atoms with E-state index in [1.807, 2.05) is 0 Å². The smallest absolute Gasteiger partial charge is 0.224 e. The molecule has 19 heavy (non-hydrogen) atoms. The van der Waals surface area contributed by atoms with Crippen LogP contribution in [-0.4, -0.2) is 19.1 Å². The number of carbonyl (C=O) groups excluding carboxylic acids is 1. The Hall–Kier alpha value is -1.55. The van der Waals surface area contributed by atoms with Crippen LogP contribution in [0.1, 0.15) is 32.1 Å². The third-order valence-electron chi connectivity index (χ3n) is 3.25. The van der Waals surface area contributed by atoms with Gasteiger partial charge in [-0.15, -0.1) is 0 Å². The molecule has 2 rings (SSSR count). The molecular weight excluding hydrogens is 240 g/mol. The van der Waals surface area contributed by atoms with Crippen LogP contribution in [0.4, 0.5) is 11.4 Å². The van der Waals surface area contributed by atoms with Crippen molar-refractivity contribution in [3.63, 3.8) is 0 Å². The first kappa shape index (κ1) is 13.9. The lowest BCUT2D eigenvalue weighted by atomic mass is 10.2. The average Bonchev–Trinajstić information content (AvgIpc) is 3.20. The van der Waals surface area contributed by atoms with E-state index in [1.165, 1.54) is 19.3 Å². The molecule has 0 heterocycles. The molecule has 0 aliphatic heterocycles. The van der Waals surface area contributed by atoms with Gasteiger partial charge in [0.05, 0.1) is 0 Å². The number of carbonyl (C=O) groups is 1. The SMILES string of the molecule is Nc1ccc(NC(=O)CCCOCCC2CC2)cc1. The van der Waals surface area contributed by atoms with Crippen LogP contribution in [0.3, 0.4) is 0 Å². The van der Waals surface area contributed by atoms with Crippen molar-refractivity contribution >= 4 is 17.3 Å². The van der Waals surface area contributed by atoms with Crippen LogP contribution >= 0.6 is 0 Å². The van der Waals surface area contributed by atoms with Gasteiger partial charge >= 0.3 is 0 Å². The van der Waals surface area contributed by atoms with Crippen molar-refractivity contribution in [1.82, 2.24) is 0 Å². The van der Waals surface area contributed by atoms with E-state index < -0.39 is 0 Å². The summed E-state index contributed by atoms with van der Waals surface area (Å²) in [5.41, 5.74) is 7.06. The van der Waals surface area contributed by atoms with E-state index in [1.54, 1.807) is 24.3 Å². The van der Waals surface area contributed by atoms with Gasteiger partial charge in [-0.1, -0.05) is 12.8 Å². The highest BCUT2D eigenvalue weighted by Crippen LogP contribution is 2.32. The monoisotopic (exact) mass is 262 g/mol. The highest BCUT2D eigenvalue weighted by atomic mass is 16.5. The largest absolute Gasteiger partial charge is 0.399 e. The second kappa shape index (κ2) is 7.14. The Morgan fingerprint density at radius 1 is 1.26 bits per heavy atom. The molecule has 0 radical (unpaired) electrons. The van der Waals surface area contributed by atoms with Gasteiger partial charge < -0.3 is 15.8 Å². The van der Waals surface area contributed by atoms with E-state index in [0.717, 1.165) is 24.6 Å². The van der Waals surface area contributed by atoms with E-state index in [-0.39, 0.29) is 5.91 Å². The Morgan fingerprint density at radius 2 is 2.00 bits per heavy atom. The second-order valence-electron chi connectivity index (χ2n) is 5.12. The highest BCUT2D eigenvalue weighted by Gasteiger charge is 2.20. The minimum atomic E-state index is 0.0237. The van der Waals surface area contributed by atoms with Crippen LogP contribution in [0, 0.1) is 5.92 Å². The predicted molar refractivity (Wildman–Crippen MR) is 76.9 cm³/mol. The minimum absolute atomic E-state index is 0.0237. The number of nitrogens with one attached hydrogen (secondary N) is 1. The van der Waals surface area contributed by atoms with Crippen molar-refractivity contribution in [2.24, 2.45) is 5.92 Å². The van der Waals surface area contributed by atoms with Crippen molar-refractivity contribution < 1.29 is 9.53 Å². The molecular formula is C15H22N2O2. The zero-order chi connectivity index (χ0) is 13.5. The first-order valence-electron chi connectivity index (χ1n) is 6.97. The molecule has 1 fully saturated rings. The minimum Gasteiger partial charge on any atom is -0.399 e. The molecule has 4 nitrogen and oxygen atoms in total. The van der Waals surface area contributed by atoms with Crippen LogP contribution < -0.4 is 11.1 Å². The molecule has 0 atom stereocenters. The molecule has 1 aromatic carbocycles. The van der Waals surface area contributed by atoms with Crippen LogP contribution in [0.15, 0.2) is 24.3 Å². The molecule has 1 amide bonds. The summed E-state index contributed by atoms with van der Waals surface area (Å²) in [6.45, 7) is 1.51. The summed E-state index contributed by atoms with van der Waals surface area (Å²) in [5.74, 6) is 0.935. The van der Waals surface area contributed by atoms with E-state index in [4.69, 9.17) is 10.5 Å². The highest BCUT2D eigenvalue weighted by molar-refractivity contribution is 5.90. The Labute approximate surface area is 114 Å². The lowest BCUT2D eigenvalue weighted by Crippen LogP contribution is -2.12. The summed E-state index contributed by atoms with van der Waals surface area (Å²) < 4.78 is 5.50. The number of nitrogen functional groups attached to an aromatic ring is 1. The summed E-state index contributed by atoms with van der Waals surface area (Å²) >= 11 is 0. The molecule has 3 N–H and O–H groups in total. The van der Waals surface area contributed by atoms with Crippen molar-refractivity contribution in [2.75, 3.05) is 24.3 Å². The van der Waals surface area contributed by atoms with Gasteiger partial charge in [-0.05, 0) is 43.0 Å². The maximum absolute atomic E-state index is 11.7. The molecule has 0 spiro atoms. The summed E-state index contributed by atoms with van der Waals surface area (Å²) in [4.78, 5) is 11.7. The number of nitrogens with two attached hydrogens (primary N) is 1. The summed E-state index contributed by atoms with van der Waals surface area (Å²) in [5, 5.41) is 2.84. The lowest BCUT2D eigenvalue weighted by Gasteiger charge is -2.06. The first-order valence-corrected chi connectivity index (χ1v) is 6.97. The van der Waals surface area contributed by atoms with Gasteiger partial charge in [0.2, 0.25) is 5.91 Å². The van der Waals surface area contributed by atoms with Gasteiger partial charge in [0.25, 0.3) is 0 Å². The molecule has 0 saturated heterocycles. The number of ether oxygens (including phenoxy) is 1. The molecule has 0 bridgehead atoms. The predicted octanol–water partition coefficient (Wildman–Crippen LogP) is 2.80. The lowest BCUT2D eigenvalue weighted by molar-refractivity contribution is -0.116. The molecule has 0 aromatic heterocycles. The second-order valence-corrected chi connectivity index (χ2v) is 5.12. The Kier molecular flexibility index (Phi) is 5.21. The molecule has 0 unspecified atom stereocenters. The summed E-state index contributed by atoms with van der Waals surface area (Å²) in [6.07, 6.45) is 5.18. The van der Waals surface area contributed by atoms with Crippen molar-refractivity contribution in [3.05, 3.63) is 24.3 Å². The molecule has 4 heteroatoms. The zero-order valence-corrected chi connectivity index (χ0v) is 11.2. The molecule has 1 aromatic rings. The van der Waals surface area contributed by atoms with Gasteiger partial charge in [-0.25, -0.2) is 0 Å². The Bertz CT molecular complexity index is 399. The fraction of sp³-hybridized carbons (Fsp3) is 0.533. The average molecular weight is 262 g/mol. The van der Waals surface area contributed by atoms with Crippen LogP contribution in [0.2, 0.25) is 0 Å². The van der Waals surface area contributed by atoms with E-state index in [0.29, 0.717) is 18.7 Å². The third-order valence-corrected chi connectivity index (χ3v) is 3.25. The van der Waals surface area contributed by atoms with E-state index in [2.05, 4.69) is 5.32 Å². The Morgan fingerprint density at radius 3 is 2.68 bits per heavy atom. The summed E-state index contributed by atoms with van der Waals surface area (Å²) in [6, 6.07) is 7.16. The van der Waals surface area contributed by atoms with Gasteiger partial charge in [0.1, 0.15) is 0 Å². The van der Waals surface area contributed by atoms with Crippen molar-refractivity contribution in [3.8, 4) is 0 Å². The first-order chi connectivity index (χ1) is 9.24. The Balaban J connectivity index is 1.52. The standard InChI is InChI=1S/C15H22N2O2/c16-13-5-7-14(8-6-13)17-15(18)2-1-10-19-11-9-12-3-4-12/h5-8,12H,1-4,9-11,16H2,(H,17,18). The molecule has 1 aliphatic carbocycles. The zero-order valence-electron chi connectivity index (χ0n) is 11.2. The van der Waals surface area contributed by atoms with Crippen LogP contribution in [-0.2, 0) is 9.53 Å². The fourth-order valence-electron chi connectivity index (χ4n) is 1.88. The number of amides is 1. The number of anilines is 2. The normalized spacial score (nSPS) is 14.3. The van der Waals surface area contributed by atoms with E-state index in [9.17, 15) is 4.79 Å².